The molecule has 24 heavy (non-hydrogen) atoms. The van der Waals surface area contributed by atoms with Crippen LogP contribution in [0.5, 0.6) is 5.75 Å². The first kappa shape index (κ1) is 17.6. The standard InChI is InChI=1S/C20H22N2O2/c1-3-11-22(15-17-9-7-16(14-21)8-10-17)20(23)13-18-5-4-6-19(12-18)24-2/h4-10,12H,3,11,13,15H2,1-2H3. The Morgan fingerprint density at radius 2 is 1.92 bits per heavy atom. The molecule has 0 saturated carbocycles. The fourth-order valence-corrected chi connectivity index (χ4v) is 2.54. The minimum absolute atomic E-state index is 0.0921. The molecule has 0 aliphatic rings. The smallest absolute Gasteiger partial charge is 0.227 e. The van der Waals surface area contributed by atoms with Gasteiger partial charge in [0.1, 0.15) is 5.75 Å². The number of carbonyl (C=O) groups is 1. The molecule has 0 aliphatic carbocycles. The van der Waals surface area contributed by atoms with Crippen LogP contribution in [0.15, 0.2) is 48.5 Å². The fraction of sp³-hybridized carbons (Fsp3) is 0.300. The second-order valence-electron chi connectivity index (χ2n) is 5.65. The van der Waals surface area contributed by atoms with Crippen LogP contribution in [-0.4, -0.2) is 24.5 Å². The summed E-state index contributed by atoms with van der Waals surface area (Å²) in [7, 11) is 1.62. The van der Waals surface area contributed by atoms with E-state index in [1.54, 1.807) is 19.2 Å². The van der Waals surface area contributed by atoms with Crippen molar-refractivity contribution in [1.82, 2.24) is 4.90 Å². The lowest BCUT2D eigenvalue weighted by atomic mass is 10.1. The molecule has 0 N–H and O–H groups in total. The molecule has 2 aromatic carbocycles. The summed E-state index contributed by atoms with van der Waals surface area (Å²) in [6.07, 6.45) is 1.26. The molecule has 0 fully saturated rings. The van der Waals surface area contributed by atoms with Crippen LogP contribution in [0, 0.1) is 11.3 Å². The third-order valence-corrected chi connectivity index (χ3v) is 3.79. The van der Waals surface area contributed by atoms with Gasteiger partial charge >= 0.3 is 0 Å². The van der Waals surface area contributed by atoms with Crippen molar-refractivity contribution in [2.24, 2.45) is 0 Å². The quantitative estimate of drug-likeness (QED) is 0.783. The van der Waals surface area contributed by atoms with Gasteiger partial charge in [0.05, 0.1) is 25.2 Å². The molecule has 0 radical (unpaired) electrons. The van der Waals surface area contributed by atoms with Gasteiger partial charge in [0.2, 0.25) is 5.91 Å². The highest BCUT2D eigenvalue weighted by molar-refractivity contribution is 5.78. The van der Waals surface area contributed by atoms with Gasteiger partial charge in [-0.3, -0.25) is 4.79 Å². The third kappa shape index (κ3) is 4.85. The van der Waals surface area contributed by atoms with Gasteiger partial charge in [0.15, 0.2) is 0 Å². The SMILES string of the molecule is CCCN(Cc1ccc(C#N)cc1)C(=O)Cc1cccc(OC)c1. The maximum absolute atomic E-state index is 12.7. The molecular formula is C20H22N2O2. The average molecular weight is 322 g/mol. The van der Waals surface area contributed by atoms with Crippen molar-refractivity contribution in [3.8, 4) is 11.8 Å². The monoisotopic (exact) mass is 322 g/mol. The van der Waals surface area contributed by atoms with E-state index in [-0.39, 0.29) is 5.91 Å². The summed E-state index contributed by atoms with van der Waals surface area (Å²) in [6.45, 7) is 3.33. The second-order valence-corrected chi connectivity index (χ2v) is 5.65. The van der Waals surface area contributed by atoms with E-state index in [0.717, 1.165) is 23.3 Å². The summed E-state index contributed by atoms with van der Waals surface area (Å²) in [6, 6.07) is 17.1. The van der Waals surface area contributed by atoms with Crippen LogP contribution in [-0.2, 0) is 17.8 Å². The van der Waals surface area contributed by atoms with Gasteiger partial charge in [0, 0.05) is 13.1 Å². The summed E-state index contributed by atoms with van der Waals surface area (Å²) < 4.78 is 5.21. The number of methoxy groups -OCH3 is 1. The minimum atomic E-state index is 0.0921. The molecule has 0 spiro atoms. The number of nitrogens with zero attached hydrogens (tertiary/aromatic N) is 2. The average Bonchev–Trinajstić information content (AvgIpc) is 2.62. The van der Waals surface area contributed by atoms with Crippen molar-refractivity contribution in [3.05, 3.63) is 65.2 Å². The van der Waals surface area contributed by atoms with E-state index in [1.165, 1.54) is 0 Å². The van der Waals surface area contributed by atoms with Gasteiger partial charge in [-0.05, 0) is 41.8 Å². The Labute approximate surface area is 143 Å². The maximum atomic E-state index is 12.7. The van der Waals surface area contributed by atoms with Crippen molar-refractivity contribution in [2.45, 2.75) is 26.3 Å². The highest BCUT2D eigenvalue weighted by atomic mass is 16.5. The molecule has 0 unspecified atom stereocenters. The Kier molecular flexibility index (Phi) is 6.39. The van der Waals surface area contributed by atoms with Crippen LogP contribution in [0.25, 0.3) is 0 Å². The van der Waals surface area contributed by atoms with Crippen molar-refractivity contribution in [1.29, 1.82) is 5.26 Å². The number of rotatable bonds is 7. The summed E-state index contributed by atoms with van der Waals surface area (Å²) >= 11 is 0. The normalized spacial score (nSPS) is 10.0. The molecule has 0 aromatic heterocycles. The number of amides is 1. The first-order chi connectivity index (χ1) is 11.7. The van der Waals surface area contributed by atoms with E-state index in [1.807, 2.05) is 41.3 Å². The van der Waals surface area contributed by atoms with Crippen LogP contribution in [0.1, 0.15) is 30.0 Å². The van der Waals surface area contributed by atoms with Crippen LogP contribution in [0.4, 0.5) is 0 Å². The summed E-state index contributed by atoms with van der Waals surface area (Å²) in [4.78, 5) is 14.5. The van der Waals surface area contributed by atoms with Crippen molar-refractivity contribution in [2.75, 3.05) is 13.7 Å². The molecule has 0 aliphatic heterocycles. The van der Waals surface area contributed by atoms with Crippen molar-refractivity contribution >= 4 is 5.91 Å². The number of nitriles is 1. The van der Waals surface area contributed by atoms with E-state index >= 15 is 0 Å². The lowest BCUT2D eigenvalue weighted by molar-refractivity contribution is -0.131. The lowest BCUT2D eigenvalue weighted by Gasteiger charge is -2.22. The van der Waals surface area contributed by atoms with Crippen LogP contribution in [0.3, 0.4) is 0 Å². The zero-order valence-corrected chi connectivity index (χ0v) is 14.2. The van der Waals surface area contributed by atoms with Crippen molar-refractivity contribution < 1.29 is 9.53 Å². The number of hydrogen-bond donors (Lipinski definition) is 0. The topological polar surface area (TPSA) is 53.3 Å². The number of hydrogen-bond acceptors (Lipinski definition) is 3. The van der Waals surface area contributed by atoms with Crippen LogP contribution >= 0.6 is 0 Å². The van der Waals surface area contributed by atoms with Gasteiger partial charge in [-0.15, -0.1) is 0 Å². The summed E-state index contributed by atoms with van der Waals surface area (Å²) in [5.74, 6) is 0.851. The molecule has 0 atom stereocenters. The molecule has 0 heterocycles. The Hall–Kier alpha value is -2.80. The van der Waals surface area contributed by atoms with E-state index in [4.69, 9.17) is 10.00 Å². The molecular weight excluding hydrogens is 300 g/mol. The van der Waals surface area contributed by atoms with Gasteiger partial charge in [0.25, 0.3) is 0 Å². The predicted molar refractivity (Wildman–Crippen MR) is 93.6 cm³/mol. The lowest BCUT2D eigenvalue weighted by Crippen LogP contribution is -2.32. The molecule has 2 aromatic rings. The number of ether oxygens (including phenoxy) is 1. The highest BCUT2D eigenvalue weighted by Gasteiger charge is 2.14. The first-order valence-corrected chi connectivity index (χ1v) is 8.06. The van der Waals surface area contributed by atoms with Gasteiger partial charge < -0.3 is 9.64 Å². The Morgan fingerprint density at radius 1 is 1.17 bits per heavy atom. The van der Waals surface area contributed by atoms with E-state index in [0.29, 0.717) is 25.1 Å². The summed E-state index contributed by atoms with van der Waals surface area (Å²) in [5, 5.41) is 8.86. The molecule has 0 bridgehead atoms. The highest BCUT2D eigenvalue weighted by Crippen LogP contribution is 2.15. The zero-order valence-electron chi connectivity index (χ0n) is 14.2. The Balaban J connectivity index is 2.07. The predicted octanol–water partition coefficient (Wildman–Crippen LogP) is 3.55. The van der Waals surface area contributed by atoms with E-state index < -0.39 is 0 Å². The molecule has 4 heteroatoms. The second kappa shape index (κ2) is 8.73. The van der Waals surface area contributed by atoms with Crippen LogP contribution < -0.4 is 4.74 Å². The fourth-order valence-electron chi connectivity index (χ4n) is 2.54. The molecule has 4 nitrogen and oxygen atoms in total. The Morgan fingerprint density at radius 3 is 2.54 bits per heavy atom. The minimum Gasteiger partial charge on any atom is -0.497 e. The van der Waals surface area contributed by atoms with Crippen LogP contribution in [0.2, 0.25) is 0 Å². The number of benzene rings is 2. The van der Waals surface area contributed by atoms with Crippen molar-refractivity contribution in [3.63, 3.8) is 0 Å². The van der Waals surface area contributed by atoms with E-state index in [2.05, 4.69) is 13.0 Å². The molecule has 124 valence electrons. The van der Waals surface area contributed by atoms with Gasteiger partial charge in [-0.1, -0.05) is 31.2 Å². The Bertz CT molecular complexity index is 717. The van der Waals surface area contributed by atoms with E-state index in [9.17, 15) is 4.79 Å². The molecule has 1 amide bonds. The number of carbonyl (C=O) groups excluding carboxylic acids is 1. The molecule has 0 saturated heterocycles. The van der Waals surface area contributed by atoms with Gasteiger partial charge in [-0.25, -0.2) is 0 Å². The van der Waals surface area contributed by atoms with Gasteiger partial charge in [-0.2, -0.15) is 5.26 Å². The summed E-state index contributed by atoms with van der Waals surface area (Å²) in [5.41, 5.74) is 2.60. The zero-order chi connectivity index (χ0) is 17.4. The third-order valence-electron chi connectivity index (χ3n) is 3.79. The molecule has 2 rings (SSSR count). The maximum Gasteiger partial charge on any atom is 0.227 e. The first-order valence-electron chi connectivity index (χ1n) is 8.06. The largest absolute Gasteiger partial charge is 0.497 e.